The van der Waals surface area contributed by atoms with Crippen LogP contribution in [0.25, 0.3) is 0 Å². The Morgan fingerprint density at radius 1 is 1.56 bits per heavy atom. The van der Waals surface area contributed by atoms with Gasteiger partial charge in [-0.25, -0.2) is 0 Å². The van der Waals surface area contributed by atoms with Gasteiger partial charge in [0.1, 0.15) is 0 Å². The first kappa shape index (κ1) is 5.69. The number of aliphatic hydroxyl groups excluding tert-OH is 1. The van der Waals surface area contributed by atoms with Crippen LogP contribution in [-0.4, -0.2) is 35.7 Å². The fourth-order valence-electron chi connectivity index (χ4n) is 1.89. The van der Waals surface area contributed by atoms with Crippen LogP contribution in [0.3, 0.4) is 0 Å². The minimum Gasteiger partial charge on any atom is -0.395 e. The molecule has 52 valence electrons. The normalized spacial score (nSPS) is 41.0. The largest absolute Gasteiger partial charge is 0.395 e. The Bertz CT molecular complexity index is 115. The van der Waals surface area contributed by atoms with Gasteiger partial charge < -0.3 is 5.11 Å². The van der Waals surface area contributed by atoms with Gasteiger partial charge in [0.25, 0.3) is 0 Å². The molecule has 0 radical (unpaired) electrons. The van der Waals surface area contributed by atoms with E-state index in [1.54, 1.807) is 0 Å². The predicted molar refractivity (Wildman–Crippen MR) is 35.2 cm³/mol. The lowest BCUT2D eigenvalue weighted by Gasteiger charge is -2.14. The third-order valence-corrected chi connectivity index (χ3v) is 2.53. The molecule has 1 saturated heterocycles. The van der Waals surface area contributed by atoms with Crippen molar-refractivity contribution in [1.29, 1.82) is 0 Å². The molecule has 2 atom stereocenters. The zero-order chi connectivity index (χ0) is 6.27. The average molecular weight is 127 g/mol. The van der Waals surface area contributed by atoms with Gasteiger partial charge in [-0.2, -0.15) is 0 Å². The van der Waals surface area contributed by atoms with Crippen molar-refractivity contribution in [1.82, 2.24) is 4.90 Å². The number of hydrogen-bond acceptors (Lipinski definition) is 2. The quantitative estimate of drug-likeness (QED) is 0.567. The van der Waals surface area contributed by atoms with Crippen LogP contribution in [0.4, 0.5) is 0 Å². The smallest absolute Gasteiger partial charge is 0.0558 e. The molecule has 0 amide bonds. The van der Waals surface area contributed by atoms with Crippen molar-refractivity contribution >= 4 is 0 Å². The number of fused-ring (bicyclic) bond motifs is 1. The highest BCUT2D eigenvalue weighted by atomic mass is 16.3. The summed E-state index contributed by atoms with van der Waals surface area (Å²) in [4.78, 5) is 2.41. The Kier molecular flexibility index (Phi) is 1.24. The Balaban J connectivity index is 1.84. The topological polar surface area (TPSA) is 23.5 Å². The van der Waals surface area contributed by atoms with Gasteiger partial charge in [0, 0.05) is 12.6 Å². The molecule has 1 aliphatic heterocycles. The molecule has 2 aliphatic rings. The number of β-amino-alcohol motifs (C(OH)–C–C–N with tert-alkyl or cyclic N) is 1. The molecular weight excluding hydrogens is 114 g/mol. The van der Waals surface area contributed by atoms with Crippen molar-refractivity contribution in [3.63, 3.8) is 0 Å². The number of likely N-dealkylation sites (tertiary alicyclic amines) is 1. The number of nitrogens with zero attached hydrogens (tertiary/aromatic N) is 1. The zero-order valence-corrected chi connectivity index (χ0v) is 5.58. The Morgan fingerprint density at radius 3 is 2.89 bits per heavy atom. The van der Waals surface area contributed by atoms with Crippen molar-refractivity contribution in [2.24, 2.45) is 5.92 Å². The SMILES string of the molecule is OCCN1CC[C@H]2C[C@H]21. The minimum atomic E-state index is 0.337. The molecule has 2 fully saturated rings. The second-order valence-corrected chi connectivity index (χ2v) is 3.11. The van der Waals surface area contributed by atoms with Crippen LogP contribution in [0.2, 0.25) is 0 Å². The molecule has 2 heteroatoms. The number of hydrogen-bond donors (Lipinski definition) is 1. The molecule has 2 rings (SSSR count). The van der Waals surface area contributed by atoms with Crippen LogP contribution in [0.15, 0.2) is 0 Å². The summed E-state index contributed by atoms with van der Waals surface area (Å²) in [5.41, 5.74) is 0. The molecule has 1 heterocycles. The van der Waals surface area contributed by atoms with E-state index >= 15 is 0 Å². The van der Waals surface area contributed by atoms with Crippen molar-refractivity contribution in [3.8, 4) is 0 Å². The first-order chi connectivity index (χ1) is 4.42. The number of rotatable bonds is 2. The van der Waals surface area contributed by atoms with Crippen molar-refractivity contribution < 1.29 is 5.11 Å². The van der Waals surface area contributed by atoms with Gasteiger partial charge in [-0.3, -0.25) is 4.90 Å². The zero-order valence-electron chi connectivity index (χ0n) is 5.58. The van der Waals surface area contributed by atoms with Crippen molar-refractivity contribution in [2.45, 2.75) is 18.9 Å². The maximum atomic E-state index is 8.62. The summed E-state index contributed by atoms with van der Waals surface area (Å²) in [6.45, 7) is 2.47. The van der Waals surface area contributed by atoms with Crippen LogP contribution >= 0.6 is 0 Å². The highest BCUT2D eigenvalue weighted by Gasteiger charge is 2.45. The molecule has 0 bridgehead atoms. The highest BCUT2D eigenvalue weighted by molar-refractivity contribution is 5.00. The van der Waals surface area contributed by atoms with E-state index in [-0.39, 0.29) is 0 Å². The van der Waals surface area contributed by atoms with E-state index in [0.29, 0.717) is 6.61 Å². The third-order valence-electron chi connectivity index (χ3n) is 2.53. The second kappa shape index (κ2) is 1.96. The third kappa shape index (κ3) is 0.864. The van der Waals surface area contributed by atoms with Crippen LogP contribution < -0.4 is 0 Å². The summed E-state index contributed by atoms with van der Waals surface area (Å²) in [7, 11) is 0. The Morgan fingerprint density at radius 2 is 2.44 bits per heavy atom. The lowest BCUT2D eigenvalue weighted by molar-refractivity contribution is 0.206. The lowest BCUT2D eigenvalue weighted by Crippen LogP contribution is -2.26. The maximum absolute atomic E-state index is 8.62. The fraction of sp³-hybridized carbons (Fsp3) is 1.00. The molecule has 1 aliphatic carbocycles. The lowest BCUT2D eigenvalue weighted by atomic mass is 10.3. The predicted octanol–water partition coefficient (Wildman–Crippen LogP) is 0.0729. The minimum absolute atomic E-state index is 0.337. The monoisotopic (exact) mass is 127 g/mol. The van der Waals surface area contributed by atoms with Crippen LogP contribution in [0.1, 0.15) is 12.8 Å². The summed E-state index contributed by atoms with van der Waals surface area (Å²) in [6.07, 6.45) is 2.78. The van der Waals surface area contributed by atoms with E-state index < -0.39 is 0 Å². The molecule has 9 heavy (non-hydrogen) atoms. The van der Waals surface area contributed by atoms with Crippen molar-refractivity contribution in [3.05, 3.63) is 0 Å². The standard InChI is InChI=1S/C7H13NO/c9-4-3-8-2-1-6-5-7(6)8/h6-7,9H,1-5H2/t6-,7+/m0/s1. The molecule has 0 aromatic heterocycles. The van der Waals surface area contributed by atoms with E-state index in [1.807, 2.05) is 0 Å². The van der Waals surface area contributed by atoms with Gasteiger partial charge in [0.05, 0.1) is 6.61 Å². The summed E-state index contributed by atoms with van der Waals surface area (Å²) in [6, 6.07) is 0.872. The molecular formula is C7H13NO. The van der Waals surface area contributed by atoms with Gasteiger partial charge in [0.2, 0.25) is 0 Å². The Labute approximate surface area is 55.5 Å². The van der Waals surface area contributed by atoms with Gasteiger partial charge in [-0.1, -0.05) is 0 Å². The molecule has 0 aromatic rings. The molecule has 0 spiro atoms. The van der Waals surface area contributed by atoms with Gasteiger partial charge in [-0.05, 0) is 25.3 Å². The summed E-state index contributed by atoms with van der Waals surface area (Å²) >= 11 is 0. The number of piperidine rings is 1. The summed E-state index contributed by atoms with van der Waals surface area (Å²) in [5, 5.41) is 8.62. The number of aliphatic hydroxyl groups is 1. The molecule has 1 saturated carbocycles. The van der Waals surface area contributed by atoms with E-state index in [4.69, 9.17) is 5.11 Å². The average Bonchev–Trinajstić information content (AvgIpc) is 2.54. The molecule has 1 N–H and O–H groups in total. The van der Waals surface area contributed by atoms with Crippen molar-refractivity contribution in [2.75, 3.05) is 19.7 Å². The van der Waals surface area contributed by atoms with Crippen LogP contribution in [0, 0.1) is 5.92 Å². The van der Waals surface area contributed by atoms with Gasteiger partial charge in [0.15, 0.2) is 0 Å². The van der Waals surface area contributed by atoms with Crippen LogP contribution in [0.5, 0.6) is 0 Å². The molecule has 2 nitrogen and oxygen atoms in total. The molecule has 0 unspecified atom stereocenters. The Hall–Kier alpha value is -0.0800. The van der Waals surface area contributed by atoms with E-state index in [0.717, 1.165) is 18.5 Å². The maximum Gasteiger partial charge on any atom is 0.0558 e. The van der Waals surface area contributed by atoms with Gasteiger partial charge in [-0.15, -0.1) is 0 Å². The first-order valence-electron chi connectivity index (χ1n) is 3.76. The highest BCUT2D eigenvalue weighted by Crippen LogP contribution is 2.43. The summed E-state index contributed by atoms with van der Waals surface area (Å²) in [5.74, 6) is 1.01. The summed E-state index contributed by atoms with van der Waals surface area (Å²) < 4.78 is 0. The first-order valence-corrected chi connectivity index (χ1v) is 3.76. The van der Waals surface area contributed by atoms with Crippen LogP contribution in [-0.2, 0) is 0 Å². The van der Waals surface area contributed by atoms with E-state index in [9.17, 15) is 0 Å². The van der Waals surface area contributed by atoms with E-state index in [2.05, 4.69) is 4.90 Å². The van der Waals surface area contributed by atoms with Gasteiger partial charge >= 0.3 is 0 Å². The van der Waals surface area contributed by atoms with E-state index in [1.165, 1.54) is 19.4 Å². The fourth-order valence-corrected chi connectivity index (χ4v) is 1.89. The molecule has 0 aromatic carbocycles. The second-order valence-electron chi connectivity index (χ2n) is 3.11.